The molecule has 0 N–H and O–H groups in total. The van der Waals surface area contributed by atoms with Gasteiger partial charge >= 0.3 is 0 Å². The number of nitrogens with zero attached hydrogens (tertiary/aromatic N) is 1. The summed E-state index contributed by atoms with van der Waals surface area (Å²) in [5, 5.41) is 0. The second kappa shape index (κ2) is 3.69. The molecule has 0 aliphatic rings. The van der Waals surface area contributed by atoms with Crippen LogP contribution in [0.1, 0.15) is 27.0 Å². The highest BCUT2D eigenvalue weighted by molar-refractivity contribution is 6.10. The van der Waals surface area contributed by atoms with Crippen molar-refractivity contribution in [3.8, 4) is 0 Å². The van der Waals surface area contributed by atoms with Gasteiger partial charge in [0.15, 0.2) is 5.78 Å². The highest BCUT2D eigenvalue weighted by Gasteiger charge is 2.15. The van der Waals surface area contributed by atoms with Gasteiger partial charge in [-0.3, -0.25) is 9.78 Å². The predicted molar refractivity (Wildman–Crippen MR) is 55.9 cm³/mol. The van der Waals surface area contributed by atoms with Gasteiger partial charge in [-0.15, -0.1) is 0 Å². The number of carbonyl (C=O) groups is 1. The smallest absolute Gasteiger partial charge is 0.196 e. The number of ketones is 1. The van der Waals surface area contributed by atoms with E-state index in [0.717, 1.165) is 11.1 Å². The van der Waals surface area contributed by atoms with Crippen LogP contribution in [0.3, 0.4) is 0 Å². The van der Waals surface area contributed by atoms with Crippen LogP contribution in [-0.4, -0.2) is 10.8 Å². The molecule has 2 rings (SSSR count). The number of aryl methyl sites for hydroxylation is 2. The third-order valence-corrected chi connectivity index (χ3v) is 2.37. The first-order valence-corrected chi connectivity index (χ1v) is 4.68. The number of hydrogen-bond acceptors (Lipinski definition) is 3. The van der Waals surface area contributed by atoms with E-state index in [4.69, 9.17) is 4.42 Å². The van der Waals surface area contributed by atoms with Gasteiger partial charge in [-0.1, -0.05) is 0 Å². The van der Waals surface area contributed by atoms with E-state index < -0.39 is 0 Å². The van der Waals surface area contributed by atoms with Crippen LogP contribution < -0.4 is 0 Å². The standard InChI is InChI=1S/C12H11NO2/c1-8-5-13-4-3-10(8)12(14)11-7-15-6-9(11)2/h3-7H,1-2H3. The minimum absolute atomic E-state index is 0.0128. The van der Waals surface area contributed by atoms with Crippen LogP contribution in [0.2, 0.25) is 0 Å². The van der Waals surface area contributed by atoms with Crippen LogP contribution in [0.5, 0.6) is 0 Å². The van der Waals surface area contributed by atoms with E-state index in [9.17, 15) is 4.79 Å². The van der Waals surface area contributed by atoms with Crippen LogP contribution in [0.15, 0.2) is 35.4 Å². The second-order valence-corrected chi connectivity index (χ2v) is 3.49. The zero-order valence-electron chi connectivity index (χ0n) is 8.65. The molecular formula is C12H11NO2. The fourth-order valence-corrected chi connectivity index (χ4v) is 1.47. The Morgan fingerprint density at radius 2 is 2.00 bits per heavy atom. The highest BCUT2D eigenvalue weighted by Crippen LogP contribution is 2.16. The van der Waals surface area contributed by atoms with Gasteiger partial charge in [0.25, 0.3) is 0 Å². The van der Waals surface area contributed by atoms with Crippen molar-refractivity contribution in [3.63, 3.8) is 0 Å². The van der Waals surface area contributed by atoms with Gasteiger partial charge in [-0.25, -0.2) is 0 Å². The van der Waals surface area contributed by atoms with E-state index in [0.29, 0.717) is 11.1 Å². The summed E-state index contributed by atoms with van der Waals surface area (Å²) in [5.41, 5.74) is 3.03. The lowest BCUT2D eigenvalue weighted by atomic mass is 10.0. The Balaban J connectivity index is 2.46. The highest BCUT2D eigenvalue weighted by atomic mass is 16.3. The number of pyridine rings is 1. The summed E-state index contributed by atoms with van der Waals surface area (Å²) in [5.74, 6) is -0.0128. The van der Waals surface area contributed by atoms with Gasteiger partial charge in [0.2, 0.25) is 0 Å². The van der Waals surface area contributed by atoms with Crippen LogP contribution >= 0.6 is 0 Å². The first-order valence-electron chi connectivity index (χ1n) is 4.68. The summed E-state index contributed by atoms with van der Waals surface area (Å²) in [4.78, 5) is 16.0. The first-order chi connectivity index (χ1) is 7.20. The maximum atomic E-state index is 12.1. The molecule has 0 spiro atoms. The normalized spacial score (nSPS) is 10.3. The summed E-state index contributed by atoms with van der Waals surface area (Å²) in [6.07, 6.45) is 6.36. The SMILES string of the molecule is Cc1cnccc1C(=O)c1cocc1C. The van der Waals surface area contributed by atoms with Crippen molar-refractivity contribution in [2.75, 3.05) is 0 Å². The molecule has 0 radical (unpaired) electrons. The van der Waals surface area contributed by atoms with Crippen molar-refractivity contribution in [2.24, 2.45) is 0 Å². The number of hydrogen-bond donors (Lipinski definition) is 0. The Labute approximate surface area is 87.8 Å². The molecular weight excluding hydrogens is 190 g/mol. The van der Waals surface area contributed by atoms with Crippen molar-refractivity contribution >= 4 is 5.78 Å². The summed E-state index contributed by atoms with van der Waals surface area (Å²) >= 11 is 0. The lowest BCUT2D eigenvalue weighted by molar-refractivity contribution is 0.103. The second-order valence-electron chi connectivity index (χ2n) is 3.49. The zero-order chi connectivity index (χ0) is 10.8. The quantitative estimate of drug-likeness (QED) is 0.701. The minimum Gasteiger partial charge on any atom is -0.472 e. The number of carbonyl (C=O) groups excluding carboxylic acids is 1. The molecule has 0 atom stereocenters. The van der Waals surface area contributed by atoms with Gasteiger partial charge in [0.1, 0.15) is 6.26 Å². The minimum atomic E-state index is -0.0128. The molecule has 0 unspecified atom stereocenters. The fourth-order valence-electron chi connectivity index (χ4n) is 1.47. The van der Waals surface area contributed by atoms with E-state index in [1.165, 1.54) is 6.26 Å². The molecule has 0 aromatic carbocycles. The summed E-state index contributed by atoms with van der Waals surface area (Å²) in [7, 11) is 0. The van der Waals surface area contributed by atoms with E-state index in [1.54, 1.807) is 24.7 Å². The Kier molecular flexibility index (Phi) is 2.37. The average Bonchev–Trinajstić information content (AvgIpc) is 2.64. The van der Waals surface area contributed by atoms with E-state index in [1.807, 2.05) is 13.8 Å². The zero-order valence-corrected chi connectivity index (χ0v) is 8.65. The maximum absolute atomic E-state index is 12.1. The van der Waals surface area contributed by atoms with Crippen molar-refractivity contribution in [1.29, 1.82) is 0 Å². The Morgan fingerprint density at radius 1 is 1.20 bits per heavy atom. The van der Waals surface area contributed by atoms with Gasteiger partial charge in [0.05, 0.1) is 11.8 Å². The van der Waals surface area contributed by atoms with E-state index in [-0.39, 0.29) is 5.78 Å². The van der Waals surface area contributed by atoms with Crippen molar-refractivity contribution < 1.29 is 9.21 Å². The molecule has 0 fully saturated rings. The van der Waals surface area contributed by atoms with Crippen molar-refractivity contribution in [1.82, 2.24) is 4.98 Å². The van der Waals surface area contributed by atoms with Gasteiger partial charge < -0.3 is 4.42 Å². The van der Waals surface area contributed by atoms with Crippen LogP contribution in [0.4, 0.5) is 0 Å². The van der Waals surface area contributed by atoms with Gasteiger partial charge in [-0.05, 0) is 31.0 Å². The fraction of sp³-hybridized carbons (Fsp3) is 0.167. The third-order valence-electron chi connectivity index (χ3n) is 2.37. The van der Waals surface area contributed by atoms with E-state index in [2.05, 4.69) is 4.98 Å². The molecule has 3 nitrogen and oxygen atoms in total. The van der Waals surface area contributed by atoms with Crippen molar-refractivity contribution in [2.45, 2.75) is 13.8 Å². The summed E-state index contributed by atoms with van der Waals surface area (Å²) in [6, 6.07) is 1.73. The third kappa shape index (κ3) is 1.68. The van der Waals surface area contributed by atoms with Crippen molar-refractivity contribution in [3.05, 3.63) is 53.2 Å². The molecule has 0 saturated carbocycles. The number of aromatic nitrogens is 1. The number of rotatable bonds is 2. The molecule has 15 heavy (non-hydrogen) atoms. The molecule has 0 amide bonds. The lowest BCUT2D eigenvalue weighted by Crippen LogP contribution is -2.04. The molecule has 0 saturated heterocycles. The van der Waals surface area contributed by atoms with Gasteiger partial charge in [-0.2, -0.15) is 0 Å². The van der Waals surface area contributed by atoms with E-state index >= 15 is 0 Å². The topological polar surface area (TPSA) is 43.1 Å². The predicted octanol–water partition coefficient (Wildman–Crippen LogP) is 2.52. The van der Waals surface area contributed by atoms with Crippen LogP contribution in [0, 0.1) is 13.8 Å². The Morgan fingerprint density at radius 3 is 2.60 bits per heavy atom. The van der Waals surface area contributed by atoms with Gasteiger partial charge in [0, 0.05) is 18.0 Å². The largest absolute Gasteiger partial charge is 0.472 e. The van der Waals surface area contributed by atoms with Crippen LogP contribution in [-0.2, 0) is 0 Å². The molecule has 76 valence electrons. The Bertz CT molecular complexity index is 500. The Hall–Kier alpha value is -1.90. The molecule has 3 heteroatoms. The molecule has 0 aliphatic carbocycles. The lowest BCUT2D eigenvalue weighted by Gasteiger charge is -2.02. The number of furan rings is 1. The van der Waals surface area contributed by atoms with Crippen LogP contribution in [0.25, 0.3) is 0 Å². The molecule has 0 bridgehead atoms. The molecule has 2 aromatic rings. The molecule has 0 aliphatic heterocycles. The summed E-state index contributed by atoms with van der Waals surface area (Å²) in [6.45, 7) is 3.73. The monoisotopic (exact) mass is 201 g/mol. The summed E-state index contributed by atoms with van der Waals surface area (Å²) < 4.78 is 4.99. The molecule has 2 aromatic heterocycles. The first kappa shape index (κ1) is 9.65. The average molecular weight is 201 g/mol. The maximum Gasteiger partial charge on any atom is 0.196 e. The molecule has 2 heterocycles.